The molecular weight excluding hydrogens is 645 g/mol. The molecule has 0 aliphatic heterocycles. The normalized spacial score (nSPS) is 12.3. The van der Waals surface area contributed by atoms with Gasteiger partial charge in [0, 0.05) is 13.2 Å². The van der Waals surface area contributed by atoms with E-state index in [2.05, 4.69) is 20.8 Å². The van der Waals surface area contributed by atoms with Crippen molar-refractivity contribution >= 4 is 0 Å². The molecule has 0 aromatic rings. The van der Waals surface area contributed by atoms with Crippen molar-refractivity contribution in [2.75, 3.05) is 19.8 Å². The van der Waals surface area contributed by atoms with Crippen molar-refractivity contribution in [1.82, 2.24) is 0 Å². The van der Waals surface area contributed by atoms with Gasteiger partial charge in [0.15, 0.2) is 0 Å². The van der Waals surface area contributed by atoms with E-state index in [4.69, 9.17) is 9.47 Å². The standard InChI is InChI=1S/C51H104O2/c1-4-7-10-13-16-19-22-25-28-29-32-35-38-41-44-47-51(53-49-46-43-40-37-34-31-27-24-21-18-15-12-9-6-3)50-52-48-45-42-39-36-33-30-26-23-20-17-14-11-8-5-2/h51H,4-50H2,1-3H3/t51-/m0/s1. The van der Waals surface area contributed by atoms with Crippen molar-refractivity contribution in [3.63, 3.8) is 0 Å². The van der Waals surface area contributed by atoms with Crippen molar-refractivity contribution in [1.29, 1.82) is 0 Å². The average molecular weight is 749 g/mol. The maximum Gasteiger partial charge on any atom is 0.0808 e. The Hall–Kier alpha value is -0.0800. The molecule has 0 saturated carbocycles. The second-order valence-corrected chi connectivity index (χ2v) is 17.5. The molecule has 0 rings (SSSR count). The van der Waals surface area contributed by atoms with Crippen LogP contribution >= 0.6 is 0 Å². The molecule has 0 saturated heterocycles. The fourth-order valence-corrected chi connectivity index (χ4v) is 8.12. The Morgan fingerprint density at radius 3 is 0.755 bits per heavy atom. The smallest absolute Gasteiger partial charge is 0.0808 e. The second-order valence-electron chi connectivity index (χ2n) is 17.5. The zero-order valence-electron chi connectivity index (χ0n) is 37.6. The average Bonchev–Trinajstić information content (AvgIpc) is 3.17. The van der Waals surface area contributed by atoms with Gasteiger partial charge in [-0.25, -0.2) is 0 Å². The first-order valence-corrected chi connectivity index (χ1v) is 25.5. The van der Waals surface area contributed by atoms with Gasteiger partial charge in [-0.05, 0) is 19.3 Å². The minimum Gasteiger partial charge on any atom is -0.379 e. The molecular formula is C51H104O2. The maximum absolute atomic E-state index is 6.47. The van der Waals surface area contributed by atoms with Crippen LogP contribution < -0.4 is 0 Å². The van der Waals surface area contributed by atoms with E-state index in [1.807, 2.05) is 0 Å². The molecule has 0 heterocycles. The molecule has 0 bridgehead atoms. The van der Waals surface area contributed by atoms with E-state index >= 15 is 0 Å². The molecule has 0 aromatic heterocycles. The van der Waals surface area contributed by atoms with Crippen LogP contribution in [0.15, 0.2) is 0 Å². The third kappa shape index (κ3) is 48.0. The molecule has 53 heavy (non-hydrogen) atoms. The van der Waals surface area contributed by atoms with Crippen LogP contribution in [0.5, 0.6) is 0 Å². The molecule has 0 aliphatic rings. The lowest BCUT2D eigenvalue weighted by molar-refractivity contribution is -0.0235. The summed E-state index contributed by atoms with van der Waals surface area (Å²) in [6.07, 6.45) is 62.5. The van der Waals surface area contributed by atoms with E-state index in [9.17, 15) is 0 Å². The summed E-state index contributed by atoms with van der Waals surface area (Å²) in [5.74, 6) is 0. The summed E-state index contributed by atoms with van der Waals surface area (Å²) >= 11 is 0. The van der Waals surface area contributed by atoms with Gasteiger partial charge in [0.2, 0.25) is 0 Å². The van der Waals surface area contributed by atoms with E-state index in [0.29, 0.717) is 6.10 Å². The fourth-order valence-electron chi connectivity index (χ4n) is 8.12. The van der Waals surface area contributed by atoms with Gasteiger partial charge in [-0.2, -0.15) is 0 Å². The van der Waals surface area contributed by atoms with Crippen LogP contribution in [0.1, 0.15) is 303 Å². The maximum atomic E-state index is 6.47. The molecule has 0 radical (unpaired) electrons. The number of hydrogen-bond acceptors (Lipinski definition) is 2. The molecule has 2 nitrogen and oxygen atoms in total. The molecule has 2 heteroatoms. The topological polar surface area (TPSA) is 18.5 Å². The Kier molecular flexibility index (Phi) is 49.9. The Balaban J connectivity index is 3.94. The highest BCUT2D eigenvalue weighted by molar-refractivity contribution is 4.60. The molecule has 0 aromatic carbocycles. The molecule has 0 amide bonds. The first kappa shape index (κ1) is 52.9. The predicted molar refractivity (Wildman–Crippen MR) is 241 cm³/mol. The molecule has 0 aliphatic carbocycles. The fraction of sp³-hybridized carbons (Fsp3) is 1.00. The lowest BCUT2D eigenvalue weighted by Gasteiger charge is -2.18. The van der Waals surface area contributed by atoms with Crippen LogP contribution in [-0.2, 0) is 9.47 Å². The molecule has 1 atom stereocenters. The Morgan fingerprint density at radius 1 is 0.245 bits per heavy atom. The number of unbranched alkanes of at least 4 members (excludes halogenated alkanes) is 40. The summed E-state index contributed by atoms with van der Waals surface area (Å²) < 4.78 is 12.7. The van der Waals surface area contributed by atoms with E-state index in [0.717, 1.165) is 19.8 Å². The first-order chi connectivity index (χ1) is 26.3. The van der Waals surface area contributed by atoms with Crippen LogP contribution in [0.3, 0.4) is 0 Å². The van der Waals surface area contributed by atoms with Crippen molar-refractivity contribution < 1.29 is 9.47 Å². The second kappa shape index (κ2) is 49.9. The SMILES string of the molecule is CCCCCCCCCCCCCCCCC[C@@H](COCCCCCCCCCCCCCCCC)OCCCCCCCCCCCCCCCC. The van der Waals surface area contributed by atoms with Gasteiger partial charge in [-0.3, -0.25) is 0 Å². The number of hydrogen-bond donors (Lipinski definition) is 0. The van der Waals surface area contributed by atoms with Crippen LogP contribution in [0.25, 0.3) is 0 Å². The predicted octanol–water partition coefficient (Wildman–Crippen LogP) is 18.6. The molecule has 0 N–H and O–H groups in total. The van der Waals surface area contributed by atoms with Crippen LogP contribution in [0.4, 0.5) is 0 Å². The lowest BCUT2D eigenvalue weighted by atomic mass is 10.0. The van der Waals surface area contributed by atoms with Gasteiger partial charge in [0.1, 0.15) is 0 Å². The van der Waals surface area contributed by atoms with Crippen molar-refractivity contribution in [3.8, 4) is 0 Å². The van der Waals surface area contributed by atoms with Crippen molar-refractivity contribution in [2.45, 2.75) is 309 Å². The van der Waals surface area contributed by atoms with Gasteiger partial charge in [-0.15, -0.1) is 0 Å². The summed E-state index contributed by atoms with van der Waals surface area (Å²) in [5, 5.41) is 0. The largest absolute Gasteiger partial charge is 0.379 e. The van der Waals surface area contributed by atoms with Gasteiger partial charge in [0.25, 0.3) is 0 Å². The van der Waals surface area contributed by atoms with Crippen LogP contribution in [-0.4, -0.2) is 25.9 Å². The van der Waals surface area contributed by atoms with E-state index in [1.54, 1.807) is 0 Å². The lowest BCUT2D eigenvalue weighted by Crippen LogP contribution is -2.21. The zero-order chi connectivity index (χ0) is 38.2. The zero-order valence-corrected chi connectivity index (χ0v) is 37.6. The van der Waals surface area contributed by atoms with Crippen molar-refractivity contribution in [3.05, 3.63) is 0 Å². The van der Waals surface area contributed by atoms with Gasteiger partial charge in [-0.1, -0.05) is 284 Å². The highest BCUT2D eigenvalue weighted by Crippen LogP contribution is 2.17. The first-order valence-electron chi connectivity index (χ1n) is 25.5. The minimum atomic E-state index is 0.311. The van der Waals surface area contributed by atoms with Crippen LogP contribution in [0, 0.1) is 0 Å². The Labute approximate surface area is 337 Å². The summed E-state index contributed by atoms with van der Waals surface area (Å²) in [6.45, 7) is 9.60. The molecule has 0 unspecified atom stereocenters. The number of ether oxygens (including phenoxy) is 2. The molecule has 0 spiro atoms. The summed E-state index contributed by atoms with van der Waals surface area (Å²) in [7, 11) is 0. The van der Waals surface area contributed by atoms with Gasteiger partial charge >= 0.3 is 0 Å². The third-order valence-corrected chi connectivity index (χ3v) is 11.9. The molecule has 320 valence electrons. The summed E-state index contributed by atoms with van der Waals surface area (Å²) in [5.41, 5.74) is 0. The van der Waals surface area contributed by atoms with E-state index in [-0.39, 0.29) is 0 Å². The summed E-state index contributed by atoms with van der Waals surface area (Å²) in [4.78, 5) is 0. The third-order valence-electron chi connectivity index (χ3n) is 11.9. The highest BCUT2D eigenvalue weighted by atomic mass is 16.5. The van der Waals surface area contributed by atoms with E-state index in [1.165, 1.54) is 283 Å². The van der Waals surface area contributed by atoms with Crippen LogP contribution in [0.2, 0.25) is 0 Å². The van der Waals surface area contributed by atoms with Gasteiger partial charge < -0.3 is 9.47 Å². The molecule has 0 fully saturated rings. The summed E-state index contributed by atoms with van der Waals surface area (Å²) in [6, 6.07) is 0. The highest BCUT2D eigenvalue weighted by Gasteiger charge is 2.10. The van der Waals surface area contributed by atoms with E-state index < -0.39 is 0 Å². The monoisotopic (exact) mass is 749 g/mol. The van der Waals surface area contributed by atoms with Crippen molar-refractivity contribution in [2.24, 2.45) is 0 Å². The van der Waals surface area contributed by atoms with Gasteiger partial charge in [0.05, 0.1) is 12.7 Å². The Bertz CT molecular complexity index is 571. The minimum absolute atomic E-state index is 0.311. The Morgan fingerprint density at radius 2 is 0.472 bits per heavy atom. The quantitative estimate of drug-likeness (QED) is 0.0577. The number of rotatable bonds is 49.